The van der Waals surface area contributed by atoms with Crippen molar-refractivity contribution in [3.63, 3.8) is 0 Å². The van der Waals surface area contributed by atoms with Gasteiger partial charge in [-0.25, -0.2) is 0 Å². The van der Waals surface area contributed by atoms with Gasteiger partial charge in [-0.3, -0.25) is 0 Å². The molecule has 0 aromatic heterocycles. The average molecular weight is 461 g/mol. The van der Waals surface area contributed by atoms with E-state index in [4.69, 9.17) is 0 Å². The van der Waals surface area contributed by atoms with Gasteiger partial charge in [0.1, 0.15) is 8.16 Å². The van der Waals surface area contributed by atoms with Crippen LogP contribution in [0, 0.1) is 0 Å². The van der Waals surface area contributed by atoms with Crippen LogP contribution in [0.3, 0.4) is 0 Å². The lowest BCUT2D eigenvalue weighted by Crippen LogP contribution is -2.27. The van der Waals surface area contributed by atoms with Gasteiger partial charge in [-0.05, 0) is 22.3 Å². The van der Waals surface area contributed by atoms with Crippen LogP contribution < -0.4 is 0 Å². The largest absolute Gasteiger partial charge is 0.131 e. The first-order valence-corrected chi connectivity index (χ1v) is 14.1. The van der Waals surface area contributed by atoms with Crippen LogP contribution in [0.5, 0.6) is 0 Å². The zero-order valence-electron chi connectivity index (χ0n) is 16.2. The van der Waals surface area contributed by atoms with E-state index in [2.05, 4.69) is 121 Å². The Bertz CT molecular complexity index is 901. The summed E-state index contributed by atoms with van der Waals surface area (Å²) in [4.78, 5) is 0. The fourth-order valence-electron chi connectivity index (χ4n) is 3.61. The van der Waals surface area contributed by atoms with E-state index >= 15 is 0 Å². The Balaban J connectivity index is 1.61. The highest BCUT2D eigenvalue weighted by atomic mass is 33.2. The molecule has 0 unspecified atom stereocenters. The minimum absolute atomic E-state index is 0.162. The molecular formula is C26H20S4. The summed E-state index contributed by atoms with van der Waals surface area (Å²) >= 11 is 0. The van der Waals surface area contributed by atoms with Gasteiger partial charge < -0.3 is 0 Å². The molecule has 30 heavy (non-hydrogen) atoms. The topological polar surface area (TPSA) is 0 Å². The number of hydrogen-bond donors (Lipinski definition) is 0. The van der Waals surface area contributed by atoms with Crippen molar-refractivity contribution in [2.24, 2.45) is 0 Å². The quantitative estimate of drug-likeness (QED) is 0.280. The Hall–Kier alpha value is -1.72. The molecule has 1 aliphatic heterocycles. The summed E-state index contributed by atoms with van der Waals surface area (Å²) in [6.45, 7) is 0. The second kappa shape index (κ2) is 8.80. The van der Waals surface area contributed by atoms with E-state index in [0.717, 1.165) is 0 Å². The molecule has 0 spiro atoms. The molecule has 1 fully saturated rings. The smallest absolute Gasteiger partial charge is 0.0633 e. The van der Waals surface area contributed by atoms with E-state index < -0.39 is 0 Å². The maximum atomic E-state index is 2.26. The Labute approximate surface area is 194 Å². The summed E-state index contributed by atoms with van der Waals surface area (Å²) in [6, 6.07) is 43.6. The normalized spacial score (nSPS) is 17.3. The lowest BCUT2D eigenvalue weighted by molar-refractivity contribution is 1.07. The van der Waals surface area contributed by atoms with Crippen LogP contribution in [0.4, 0.5) is 0 Å². The third-order valence-corrected chi connectivity index (χ3v) is 13.9. The second-order valence-electron chi connectivity index (χ2n) is 7.03. The zero-order valence-corrected chi connectivity index (χ0v) is 19.4. The lowest BCUT2D eigenvalue weighted by atomic mass is 10.0. The van der Waals surface area contributed by atoms with Crippen molar-refractivity contribution in [1.82, 2.24) is 0 Å². The van der Waals surface area contributed by atoms with Crippen molar-refractivity contribution in [3.05, 3.63) is 144 Å². The molecule has 0 N–H and O–H groups in total. The average Bonchev–Trinajstić information content (AvgIpc) is 2.86. The van der Waals surface area contributed by atoms with Crippen LogP contribution in [0.2, 0.25) is 0 Å². The predicted octanol–water partition coefficient (Wildman–Crippen LogP) is 8.57. The third kappa shape index (κ3) is 3.60. The Morgan fingerprint density at radius 3 is 0.700 bits per heavy atom. The molecule has 148 valence electrons. The number of hydrogen-bond acceptors (Lipinski definition) is 4. The molecule has 0 radical (unpaired) electrons. The van der Waals surface area contributed by atoms with Gasteiger partial charge in [-0.15, -0.1) is 0 Å². The van der Waals surface area contributed by atoms with Crippen LogP contribution in [0.1, 0.15) is 22.3 Å². The van der Waals surface area contributed by atoms with E-state index in [1.54, 1.807) is 0 Å². The molecular weight excluding hydrogens is 441 g/mol. The summed E-state index contributed by atoms with van der Waals surface area (Å²) in [7, 11) is 7.89. The van der Waals surface area contributed by atoms with E-state index in [-0.39, 0.29) is 8.16 Å². The first kappa shape index (κ1) is 20.2. The predicted molar refractivity (Wildman–Crippen MR) is 138 cm³/mol. The van der Waals surface area contributed by atoms with Crippen molar-refractivity contribution in [2.45, 2.75) is 8.16 Å². The van der Waals surface area contributed by atoms with Crippen LogP contribution in [-0.4, -0.2) is 0 Å². The van der Waals surface area contributed by atoms with Gasteiger partial charge in [0.25, 0.3) is 0 Å². The fourth-order valence-corrected chi connectivity index (χ4v) is 13.1. The molecule has 1 aliphatic rings. The fraction of sp³-hybridized carbons (Fsp3) is 0.0769. The second-order valence-corrected chi connectivity index (χ2v) is 12.7. The van der Waals surface area contributed by atoms with Gasteiger partial charge in [0.05, 0.1) is 0 Å². The van der Waals surface area contributed by atoms with E-state index in [9.17, 15) is 0 Å². The van der Waals surface area contributed by atoms with E-state index in [0.29, 0.717) is 0 Å². The van der Waals surface area contributed by atoms with Crippen molar-refractivity contribution in [2.75, 3.05) is 0 Å². The molecule has 0 aliphatic carbocycles. The molecule has 0 nitrogen and oxygen atoms in total. The molecule has 4 heteroatoms. The monoisotopic (exact) mass is 460 g/mol. The maximum Gasteiger partial charge on any atom is 0.131 e. The van der Waals surface area contributed by atoms with Gasteiger partial charge in [-0.2, -0.15) is 0 Å². The molecule has 0 saturated carbocycles. The standard InChI is InChI=1S/C26H20S4/c1-5-13-21(14-6-1)25(22-15-7-2-8-16-22)27-29-26(30-28-25,23-17-9-3-10-18-23)24-19-11-4-12-20-24/h1-20H. The molecule has 0 atom stereocenters. The summed E-state index contributed by atoms with van der Waals surface area (Å²) in [6.07, 6.45) is 0. The Morgan fingerprint density at radius 1 is 0.300 bits per heavy atom. The van der Waals surface area contributed by atoms with Crippen LogP contribution in [-0.2, 0) is 8.16 Å². The van der Waals surface area contributed by atoms with Gasteiger partial charge in [0.15, 0.2) is 0 Å². The van der Waals surface area contributed by atoms with Crippen LogP contribution in [0.15, 0.2) is 121 Å². The maximum absolute atomic E-state index is 2.26. The van der Waals surface area contributed by atoms with Gasteiger partial charge >= 0.3 is 0 Å². The Morgan fingerprint density at radius 2 is 0.500 bits per heavy atom. The summed E-state index contributed by atoms with van der Waals surface area (Å²) < 4.78 is -0.324. The SMILES string of the molecule is c1ccc(C2(c3ccccc3)SSC(c3ccccc3)(c3ccccc3)SS2)cc1. The minimum atomic E-state index is -0.162. The summed E-state index contributed by atoms with van der Waals surface area (Å²) in [5, 5.41) is 0. The lowest BCUT2D eigenvalue weighted by Gasteiger charge is -2.44. The van der Waals surface area contributed by atoms with Crippen LogP contribution in [0.25, 0.3) is 0 Å². The minimum Gasteiger partial charge on any atom is -0.0633 e. The van der Waals surface area contributed by atoms with Crippen molar-refractivity contribution < 1.29 is 0 Å². The summed E-state index contributed by atoms with van der Waals surface area (Å²) in [5.74, 6) is 0. The molecule has 0 amide bonds. The number of rotatable bonds is 4. The molecule has 4 aromatic carbocycles. The molecule has 0 bridgehead atoms. The van der Waals surface area contributed by atoms with Gasteiger partial charge in [0, 0.05) is 0 Å². The third-order valence-electron chi connectivity index (χ3n) is 5.17. The van der Waals surface area contributed by atoms with Gasteiger partial charge in [-0.1, -0.05) is 165 Å². The van der Waals surface area contributed by atoms with E-state index in [1.165, 1.54) is 22.3 Å². The highest BCUT2D eigenvalue weighted by Crippen LogP contribution is 2.75. The van der Waals surface area contributed by atoms with Crippen molar-refractivity contribution in [3.8, 4) is 0 Å². The van der Waals surface area contributed by atoms with Gasteiger partial charge in [0.2, 0.25) is 0 Å². The molecule has 1 heterocycles. The Kier molecular flexibility index (Phi) is 5.92. The number of benzene rings is 4. The molecule has 5 rings (SSSR count). The summed E-state index contributed by atoms with van der Waals surface area (Å²) in [5.41, 5.74) is 5.34. The van der Waals surface area contributed by atoms with E-state index in [1.807, 2.05) is 43.2 Å². The molecule has 1 saturated heterocycles. The first-order chi connectivity index (χ1) is 14.8. The highest BCUT2D eigenvalue weighted by molar-refractivity contribution is 8.93. The highest BCUT2D eigenvalue weighted by Gasteiger charge is 2.49. The zero-order chi connectivity index (χ0) is 20.3. The molecule has 4 aromatic rings. The van der Waals surface area contributed by atoms with Crippen molar-refractivity contribution >= 4 is 43.2 Å². The van der Waals surface area contributed by atoms with Crippen LogP contribution >= 0.6 is 43.2 Å². The van der Waals surface area contributed by atoms with Crippen molar-refractivity contribution in [1.29, 1.82) is 0 Å². The first-order valence-electron chi connectivity index (χ1n) is 9.79.